The van der Waals surface area contributed by atoms with Crippen molar-refractivity contribution in [3.05, 3.63) is 0 Å². The molecule has 16 heavy (non-hydrogen) atoms. The average Bonchev–Trinajstić information content (AvgIpc) is 2.78. The lowest BCUT2D eigenvalue weighted by Gasteiger charge is -2.30. The third-order valence-electron chi connectivity index (χ3n) is 3.53. The molecule has 0 spiro atoms. The van der Waals surface area contributed by atoms with Crippen LogP contribution in [0.25, 0.3) is 0 Å². The van der Waals surface area contributed by atoms with Crippen LogP contribution in [-0.4, -0.2) is 42.9 Å². The van der Waals surface area contributed by atoms with Gasteiger partial charge in [0.15, 0.2) is 5.78 Å². The number of likely N-dealkylation sites (tertiary alicyclic amines) is 1. The number of carbonyl (C=O) groups excluding carboxylic acids is 2. The zero-order valence-electron chi connectivity index (χ0n) is 9.78. The van der Waals surface area contributed by atoms with E-state index in [4.69, 9.17) is 4.74 Å². The number of hydrogen-bond acceptors (Lipinski definition) is 3. The molecule has 0 radical (unpaired) electrons. The molecule has 2 saturated heterocycles. The van der Waals surface area contributed by atoms with Gasteiger partial charge in [-0.25, -0.2) is 0 Å². The number of nitrogens with zero attached hydrogens (tertiary/aromatic N) is 1. The van der Waals surface area contributed by atoms with Crippen molar-refractivity contribution < 1.29 is 14.3 Å². The predicted octanol–water partition coefficient (Wildman–Crippen LogP) is 0.851. The van der Waals surface area contributed by atoms with Crippen LogP contribution >= 0.6 is 0 Å². The first-order valence-electron chi connectivity index (χ1n) is 6.07. The Morgan fingerprint density at radius 1 is 1.50 bits per heavy atom. The molecule has 0 aromatic carbocycles. The molecule has 2 fully saturated rings. The van der Waals surface area contributed by atoms with E-state index in [-0.39, 0.29) is 30.1 Å². The highest BCUT2D eigenvalue weighted by Crippen LogP contribution is 2.19. The molecule has 0 saturated carbocycles. The Kier molecular flexibility index (Phi) is 3.59. The number of amides is 1. The van der Waals surface area contributed by atoms with Crippen LogP contribution in [0.15, 0.2) is 0 Å². The summed E-state index contributed by atoms with van der Waals surface area (Å²) < 4.78 is 5.19. The highest BCUT2D eigenvalue weighted by atomic mass is 16.5. The van der Waals surface area contributed by atoms with E-state index in [1.54, 1.807) is 4.90 Å². The molecule has 0 aromatic rings. The SMILES string of the molecule is CC1CCCN(CC(=O)C2CCOC2)C1=O. The first kappa shape index (κ1) is 11.6. The van der Waals surface area contributed by atoms with Gasteiger partial charge in [-0.3, -0.25) is 9.59 Å². The minimum Gasteiger partial charge on any atom is -0.381 e. The first-order valence-corrected chi connectivity index (χ1v) is 6.07. The zero-order chi connectivity index (χ0) is 11.5. The largest absolute Gasteiger partial charge is 0.381 e. The number of piperidine rings is 1. The number of hydrogen-bond donors (Lipinski definition) is 0. The van der Waals surface area contributed by atoms with Gasteiger partial charge in [0, 0.05) is 25.0 Å². The van der Waals surface area contributed by atoms with Crippen molar-refractivity contribution in [3.63, 3.8) is 0 Å². The maximum atomic E-state index is 11.9. The molecule has 1 amide bonds. The van der Waals surface area contributed by atoms with E-state index in [2.05, 4.69) is 0 Å². The van der Waals surface area contributed by atoms with E-state index < -0.39 is 0 Å². The summed E-state index contributed by atoms with van der Waals surface area (Å²) in [4.78, 5) is 25.4. The topological polar surface area (TPSA) is 46.6 Å². The second-order valence-electron chi connectivity index (χ2n) is 4.83. The number of carbonyl (C=O) groups is 2. The average molecular weight is 225 g/mol. The van der Waals surface area contributed by atoms with Gasteiger partial charge in [-0.05, 0) is 19.3 Å². The smallest absolute Gasteiger partial charge is 0.225 e. The van der Waals surface area contributed by atoms with Crippen molar-refractivity contribution in [2.75, 3.05) is 26.3 Å². The summed E-state index contributed by atoms with van der Waals surface area (Å²) in [7, 11) is 0. The number of ketones is 1. The second-order valence-corrected chi connectivity index (χ2v) is 4.83. The quantitative estimate of drug-likeness (QED) is 0.715. The Balaban J connectivity index is 1.88. The number of ether oxygens (including phenoxy) is 1. The summed E-state index contributed by atoms with van der Waals surface area (Å²) in [5.74, 6) is 0.407. The third kappa shape index (κ3) is 2.43. The normalized spacial score (nSPS) is 30.8. The van der Waals surface area contributed by atoms with Crippen molar-refractivity contribution in [2.24, 2.45) is 11.8 Å². The van der Waals surface area contributed by atoms with Crippen LogP contribution in [0.2, 0.25) is 0 Å². The van der Waals surface area contributed by atoms with Gasteiger partial charge in [-0.15, -0.1) is 0 Å². The summed E-state index contributed by atoms with van der Waals surface area (Å²) in [6.45, 7) is 4.19. The number of rotatable bonds is 3. The summed E-state index contributed by atoms with van der Waals surface area (Å²) in [5.41, 5.74) is 0. The second kappa shape index (κ2) is 4.95. The van der Waals surface area contributed by atoms with Crippen LogP contribution in [0.1, 0.15) is 26.2 Å². The standard InChI is InChI=1S/C12H19NO3/c1-9-3-2-5-13(12(9)15)7-11(14)10-4-6-16-8-10/h9-10H,2-8H2,1H3. The van der Waals surface area contributed by atoms with E-state index in [1.807, 2.05) is 6.92 Å². The number of Topliss-reactive ketones (excluding diaryl/α,β-unsaturated/α-hetero) is 1. The fourth-order valence-corrected chi connectivity index (χ4v) is 2.40. The minimum atomic E-state index is 0.0185. The first-order chi connectivity index (χ1) is 7.68. The lowest BCUT2D eigenvalue weighted by Crippen LogP contribution is -2.44. The zero-order valence-corrected chi connectivity index (χ0v) is 9.78. The van der Waals surface area contributed by atoms with Gasteiger partial charge >= 0.3 is 0 Å². The predicted molar refractivity (Wildman–Crippen MR) is 58.9 cm³/mol. The summed E-state index contributed by atoms with van der Waals surface area (Å²) in [6.07, 6.45) is 2.79. The lowest BCUT2D eigenvalue weighted by atomic mass is 9.97. The Hall–Kier alpha value is -0.900. The van der Waals surface area contributed by atoms with Gasteiger partial charge in [0.05, 0.1) is 13.2 Å². The molecular formula is C12H19NO3. The fourth-order valence-electron chi connectivity index (χ4n) is 2.40. The molecule has 0 bridgehead atoms. The lowest BCUT2D eigenvalue weighted by molar-refractivity contribution is -0.141. The maximum absolute atomic E-state index is 11.9. The maximum Gasteiger partial charge on any atom is 0.225 e. The van der Waals surface area contributed by atoms with E-state index >= 15 is 0 Å². The van der Waals surface area contributed by atoms with Crippen LogP contribution in [0, 0.1) is 11.8 Å². The van der Waals surface area contributed by atoms with Gasteiger partial charge < -0.3 is 9.64 Å². The van der Waals surface area contributed by atoms with Gasteiger partial charge in [-0.2, -0.15) is 0 Å². The molecule has 0 N–H and O–H groups in total. The van der Waals surface area contributed by atoms with Crippen LogP contribution in [-0.2, 0) is 14.3 Å². The van der Waals surface area contributed by atoms with Crippen molar-refractivity contribution in [1.29, 1.82) is 0 Å². The molecule has 2 unspecified atom stereocenters. The van der Waals surface area contributed by atoms with Crippen molar-refractivity contribution in [2.45, 2.75) is 26.2 Å². The molecule has 2 atom stereocenters. The van der Waals surface area contributed by atoms with E-state index in [9.17, 15) is 9.59 Å². The molecular weight excluding hydrogens is 206 g/mol. The summed E-state index contributed by atoms with van der Waals surface area (Å²) >= 11 is 0. The van der Waals surface area contributed by atoms with Crippen molar-refractivity contribution >= 4 is 11.7 Å². The van der Waals surface area contributed by atoms with Gasteiger partial charge in [-0.1, -0.05) is 6.92 Å². The van der Waals surface area contributed by atoms with Crippen molar-refractivity contribution in [1.82, 2.24) is 4.90 Å². The van der Waals surface area contributed by atoms with Crippen LogP contribution in [0.5, 0.6) is 0 Å². The Bertz CT molecular complexity index is 284. The highest BCUT2D eigenvalue weighted by molar-refractivity contribution is 5.88. The molecule has 4 heteroatoms. The van der Waals surface area contributed by atoms with Crippen LogP contribution < -0.4 is 0 Å². The van der Waals surface area contributed by atoms with Crippen LogP contribution in [0.3, 0.4) is 0 Å². The monoisotopic (exact) mass is 225 g/mol. The molecule has 2 aliphatic heterocycles. The summed E-state index contributed by atoms with van der Waals surface area (Å²) in [6, 6.07) is 0. The highest BCUT2D eigenvalue weighted by Gasteiger charge is 2.30. The molecule has 0 aliphatic carbocycles. The van der Waals surface area contributed by atoms with E-state index in [1.165, 1.54) is 0 Å². The molecule has 90 valence electrons. The Morgan fingerprint density at radius 2 is 2.31 bits per heavy atom. The van der Waals surface area contributed by atoms with Crippen molar-refractivity contribution in [3.8, 4) is 0 Å². The summed E-state index contributed by atoms with van der Waals surface area (Å²) in [5, 5.41) is 0. The Morgan fingerprint density at radius 3 is 3.00 bits per heavy atom. The van der Waals surface area contributed by atoms with Gasteiger partial charge in [0.2, 0.25) is 5.91 Å². The molecule has 2 heterocycles. The van der Waals surface area contributed by atoms with Gasteiger partial charge in [0.25, 0.3) is 0 Å². The molecule has 4 nitrogen and oxygen atoms in total. The van der Waals surface area contributed by atoms with Gasteiger partial charge in [0.1, 0.15) is 0 Å². The Labute approximate surface area is 95.9 Å². The fraction of sp³-hybridized carbons (Fsp3) is 0.833. The molecule has 2 aliphatic rings. The van der Waals surface area contributed by atoms with E-state index in [0.29, 0.717) is 13.2 Å². The minimum absolute atomic E-state index is 0.0185. The van der Waals surface area contributed by atoms with E-state index in [0.717, 1.165) is 25.8 Å². The third-order valence-corrected chi connectivity index (χ3v) is 3.53. The molecule has 0 aromatic heterocycles. The molecule has 2 rings (SSSR count). The van der Waals surface area contributed by atoms with Crippen LogP contribution in [0.4, 0.5) is 0 Å².